The quantitative estimate of drug-likeness (QED) is 0.134. The smallest absolute Gasteiger partial charge is 0.271 e. The number of rotatable bonds is 14. The fourth-order valence-electron chi connectivity index (χ4n) is 3.41. The predicted molar refractivity (Wildman–Crippen MR) is 133 cm³/mol. The van der Waals surface area contributed by atoms with Gasteiger partial charge in [0.2, 0.25) is 0 Å². The predicted octanol–water partition coefficient (Wildman–Crippen LogP) is 6.57. The zero-order valence-electron chi connectivity index (χ0n) is 19.5. The lowest BCUT2D eigenvalue weighted by Gasteiger charge is -2.22. The molecule has 0 aliphatic carbocycles. The van der Waals surface area contributed by atoms with Gasteiger partial charge in [-0.15, -0.1) is 5.11 Å². The van der Waals surface area contributed by atoms with Gasteiger partial charge in [-0.2, -0.15) is 5.11 Å². The molecule has 0 aromatic heterocycles. The highest BCUT2D eigenvalue weighted by molar-refractivity contribution is 6.33. The SMILES string of the molecule is CCN(CC)CCCCC(=O)CN(CC)c1ccc(N=Nc2ccc([N+](=O)[O-])cc2Cl)cc1. The summed E-state index contributed by atoms with van der Waals surface area (Å²) in [4.78, 5) is 27.2. The van der Waals surface area contributed by atoms with Gasteiger partial charge in [-0.05, 0) is 69.7 Å². The number of azo groups is 1. The average molecular weight is 474 g/mol. The molecule has 0 atom stereocenters. The number of halogens is 1. The molecular weight excluding hydrogens is 442 g/mol. The Bertz CT molecular complexity index is 946. The maximum Gasteiger partial charge on any atom is 0.271 e. The number of hydrogen-bond donors (Lipinski definition) is 0. The van der Waals surface area contributed by atoms with Crippen LogP contribution in [0.5, 0.6) is 0 Å². The Balaban J connectivity index is 1.91. The first-order valence-electron chi connectivity index (χ1n) is 11.3. The number of unbranched alkanes of at least 4 members (excludes halogenated alkanes) is 1. The third-order valence-electron chi connectivity index (χ3n) is 5.45. The molecule has 0 radical (unpaired) electrons. The molecule has 0 bridgehead atoms. The maximum atomic E-state index is 12.5. The molecule has 2 rings (SSSR count). The van der Waals surface area contributed by atoms with E-state index in [2.05, 4.69) is 29.0 Å². The number of nitro groups is 1. The molecule has 0 spiro atoms. The first-order valence-corrected chi connectivity index (χ1v) is 11.7. The summed E-state index contributed by atoms with van der Waals surface area (Å²) in [7, 11) is 0. The number of anilines is 1. The molecule has 33 heavy (non-hydrogen) atoms. The first-order chi connectivity index (χ1) is 15.9. The van der Waals surface area contributed by atoms with Gasteiger partial charge in [0.15, 0.2) is 5.78 Å². The van der Waals surface area contributed by atoms with Crippen LogP contribution < -0.4 is 4.90 Å². The summed E-state index contributed by atoms with van der Waals surface area (Å²) >= 11 is 6.05. The van der Waals surface area contributed by atoms with Gasteiger partial charge in [-0.25, -0.2) is 0 Å². The Morgan fingerprint density at radius 2 is 1.70 bits per heavy atom. The molecule has 2 aromatic carbocycles. The number of nitro benzene ring substituents is 1. The zero-order chi connectivity index (χ0) is 24.2. The van der Waals surface area contributed by atoms with Crippen LogP contribution in [0.4, 0.5) is 22.7 Å². The third-order valence-corrected chi connectivity index (χ3v) is 5.76. The second kappa shape index (κ2) is 13.6. The van der Waals surface area contributed by atoms with Gasteiger partial charge in [0.05, 0.1) is 22.2 Å². The molecule has 9 heteroatoms. The largest absolute Gasteiger partial charge is 0.364 e. The highest BCUT2D eigenvalue weighted by Gasteiger charge is 2.11. The molecular formula is C24H32ClN5O3. The van der Waals surface area contributed by atoms with E-state index in [0.29, 0.717) is 24.3 Å². The van der Waals surface area contributed by atoms with E-state index in [-0.39, 0.29) is 16.5 Å². The molecule has 0 unspecified atom stereocenters. The van der Waals surface area contributed by atoms with Gasteiger partial charge < -0.3 is 9.80 Å². The van der Waals surface area contributed by atoms with E-state index < -0.39 is 4.92 Å². The molecule has 8 nitrogen and oxygen atoms in total. The van der Waals surface area contributed by atoms with Crippen LogP contribution in [0.15, 0.2) is 52.7 Å². The van der Waals surface area contributed by atoms with E-state index in [9.17, 15) is 14.9 Å². The number of likely N-dealkylation sites (N-methyl/N-ethyl adjacent to an activating group) is 1. The van der Waals surface area contributed by atoms with Crippen molar-refractivity contribution in [3.63, 3.8) is 0 Å². The minimum atomic E-state index is -0.512. The van der Waals surface area contributed by atoms with Crippen molar-refractivity contribution in [3.05, 3.63) is 57.6 Å². The number of non-ortho nitro benzene ring substituents is 1. The molecule has 0 aliphatic rings. The van der Waals surface area contributed by atoms with Gasteiger partial charge >= 0.3 is 0 Å². The number of Topliss-reactive ketones (excluding diaryl/α,β-unsaturated/α-hetero) is 1. The van der Waals surface area contributed by atoms with E-state index in [0.717, 1.165) is 44.7 Å². The molecule has 2 aromatic rings. The van der Waals surface area contributed by atoms with Crippen molar-refractivity contribution in [2.24, 2.45) is 10.2 Å². The van der Waals surface area contributed by atoms with Crippen LogP contribution in [-0.2, 0) is 4.79 Å². The summed E-state index contributed by atoms with van der Waals surface area (Å²) in [6, 6.07) is 11.5. The lowest BCUT2D eigenvalue weighted by atomic mass is 10.1. The number of benzene rings is 2. The average Bonchev–Trinajstić information content (AvgIpc) is 2.82. The van der Waals surface area contributed by atoms with E-state index in [4.69, 9.17) is 11.6 Å². The van der Waals surface area contributed by atoms with E-state index in [1.807, 2.05) is 36.1 Å². The van der Waals surface area contributed by atoms with Crippen molar-refractivity contribution in [1.29, 1.82) is 0 Å². The van der Waals surface area contributed by atoms with Crippen LogP contribution >= 0.6 is 11.6 Å². The van der Waals surface area contributed by atoms with Crippen LogP contribution in [0.1, 0.15) is 40.0 Å². The summed E-state index contributed by atoms with van der Waals surface area (Å²) < 4.78 is 0. The molecule has 0 saturated heterocycles. The standard InChI is InChI=1S/C24H32ClN5O3/c1-4-28(5-2)16-8-7-9-22(31)18-29(6-3)20-12-10-19(11-13-20)26-27-24-15-14-21(30(32)33)17-23(24)25/h10-15,17H,4-9,16,18H2,1-3H3. The zero-order valence-corrected chi connectivity index (χ0v) is 20.3. The summed E-state index contributed by atoms with van der Waals surface area (Å²) in [6.07, 6.45) is 2.55. The minimum absolute atomic E-state index is 0.0959. The van der Waals surface area contributed by atoms with Gasteiger partial charge in [-0.1, -0.05) is 25.4 Å². The topological polar surface area (TPSA) is 91.4 Å². The van der Waals surface area contributed by atoms with Gasteiger partial charge in [0.25, 0.3) is 5.69 Å². The van der Waals surface area contributed by atoms with Crippen molar-refractivity contribution in [2.45, 2.75) is 40.0 Å². The summed E-state index contributed by atoms with van der Waals surface area (Å²) in [5, 5.41) is 19.2. The Labute approximate surface area is 200 Å². The van der Waals surface area contributed by atoms with Crippen molar-refractivity contribution < 1.29 is 9.72 Å². The molecule has 0 saturated carbocycles. The third kappa shape index (κ3) is 8.55. The maximum absolute atomic E-state index is 12.5. The van der Waals surface area contributed by atoms with Crippen molar-refractivity contribution in [3.8, 4) is 0 Å². The van der Waals surface area contributed by atoms with E-state index in [1.54, 1.807) is 0 Å². The highest BCUT2D eigenvalue weighted by Crippen LogP contribution is 2.30. The van der Waals surface area contributed by atoms with Crippen molar-refractivity contribution in [2.75, 3.05) is 37.6 Å². The van der Waals surface area contributed by atoms with E-state index >= 15 is 0 Å². The number of carbonyl (C=O) groups is 1. The van der Waals surface area contributed by atoms with Gasteiger partial charge in [0, 0.05) is 30.8 Å². The van der Waals surface area contributed by atoms with Crippen molar-refractivity contribution >= 4 is 40.1 Å². The Kier molecular flexibility index (Phi) is 10.9. The number of nitrogens with zero attached hydrogens (tertiary/aromatic N) is 5. The fourth-order valence-corrected chi connectivity index (χ4v) is 3.62. The summed E-state index contributed by atoms with van der Waals surface area (Å²) in [6.45, 7) is 10.6. The highest BCUT2D eigenvalue weighted by atomic mass is 35.5. The van der Waals surface area contributed by atoms with Crippen LogP contribution in [0, 0.1) is 10.1 Å². The lowest BCUT2D eigenvalue weighted by molar-refractivity contribution is -0.384. The Hall–Kier alpha value is -2.84. The number of hydrogen-bond acceptors (Lipinski definition) is 7. The second-order valence-electron chi connectivity index (χ2n) is 7.65. The molecule has 178 valence electrons. The molecule has 0 amide bonds. The first kappa shape index (κ1) is 26.4. The molecule has 0 aliphatic heterocycles. The lowest BCUT2D eigenvalue weighted by Crippen LogP contribution is -2.29. The Morgan fingerprint density at radius 3 is 2.27 bits per heavy atom. The monoisotopic (exact) mass is 473 g/mol. The fraction of sp³-hybridized carbons (Fsp3) is 0.458. The molecule has 0 N–H and O–H groups in total. The van der Waals surface area contributed by atoms with Gasteiger partial charge in [0.1, 0.15) is 5.69 Å². The minimum Gasteiger partial charge on any atom is -0.364 e. The summed E-state index contributed by atoms with van der Waals surface area (Å²) in [5.41, 5.74) is 1.82. The Morgan fingerprint density at radius 1 is 1.00 bits per heavy atom. The molecule has 0 fully saturated rings. The van der Waals surface area contributed by atoms with Crippen molar-refractivity contribution in [1.82, 2.24) is 4.90 Å². The van der Waals surface area contributed by atoms with Crippen LogP contribution in [-0.4, -0.2) is 48.3 Å². The van der Waals surface area contributed by atoms with Gasteiger partial charge in [-0.3, -0.25) is 14.9 Å². The number of carbonyl (C=O) groups excluding carboxylic acids is 1. The van der Waals surface area contributed by atoms with Crippen LogP contribution in [0.25, 0.3) is 0 Å². The second-order valence-corrected chi connectivity index (χ2v) is 8.05. The normalized spacial score (nSPS) is 11.3. The van der Waals surface area contributed by atoms with E-state index in [1.165, 1.54) is 18.2 Å². The summed E-state index contributed by atoms with van der Waals surface area (Å²) in [5.74, 6) is 0.243. The number of ketones is 1. The van der Waals surface area contributed by atoms with Crippen LogP contribution in [0.3, 0.4) is 0 Å². The molecule has 0 heterocycles. The van der Waals surface area contributed by atoms with Crippen LogP contribution in [0.2, 0.25) is 5.02 Å².